The number of halogens is 1. The summed E-state index contributed by atoms with van der Waals surface area (Å²) >= 11 is 0. The maximum absolute atomic E-state index is 12.9. The monoisotopic (exact) mass is 317 g/mol. The Morgan fingerprint density at radius 3 is 2.57 bits per heavy atom. The highest BCUT2D eigenvalue weighted by Crippen LogP contribution is 2.23. The van der Waals surface area contributed by atoms with Crippen LogP contribution in [0.4, 0.5) is 9.18 Å². The first-order valence-electron chi connectivity index (χ1n) is 7.37. The van der Waals surface area contributed by atoms with Gasteiger partial charge in [0.2, 0.25) is 5.91 Å². The summed E-state index contributed by atoms with van der Waals surface area (Å²) in [7, 11) is 0. The smallest absolute Gasteiger partial charge is 0.322 e. The van der Waals surface area contributed by atoms with Gasteiger partial charge in [0.15, 0.2) is 0 Å². The van der Waals surface area contributed by atoms with Crippen molar-refractivity contribution in [2.45, 2.75) is 18.9 Å². The summed E-state index contributed by atoms with van der Waals surface area (Å²) in [6, 6.07) is 4.90. The average Bonchev–Trinajstić information content (AvgIpc) is 2.86. The molecule has 120 valence electrons. The molecule has 0 saturated carbocycles. The topological polar surface area (TPSA) is 78.5 Å². The number of nitrogens with one attached hydrogen (secondary N) is 2. The van der Waals surface area contributed by atoms with Gasteiger partial charge in [-0.25, -0.2) is 9.18 Å². The van der Waals surface area contributed by atoms with Crippen LogP contribution in [0.15, 0.2) is 30.3 Å². The van der Waals surface area contributed by atoms with Crippen molar-refractivity contribution in [2.75, 3.05) is 13.1 Å². The van der Waals surface area contributed by atoms with Crippen LogP contribution in [0.5, 0.6) is 0 Å². The van der Waals surface area contributed by atoms with Crippen molar-refractivity contribution in [3.05, 3.63) is 41.7 Å². The molecule has 0 aliphatic carbocycles. The van der Waals surface area contributed by atoms with Gasteiger partial charge in [-0.05, 0) is 29.7 Å². The Morgan fingerprint density at radius 1 is 1.26 bits per heavy atom. The molecule has 0 spiro atoms. The van der Waals surface area contributed by atoms with Crippen LogP contribution in [0.1, 0.15) is 18.4 Å². The molecule has 0 bridgehead atoms. The Balaban J connectivity index is 1.59. The molecule has 6 nitrogen and oxygen atoms in total. The lowest BCUT2D eigenvalue weighted by atomic mass is 9.99. The fraction of sp³-hybridized carbons (Fsp3) is 0.312. The highest BCUT2D eigenvalue weighted by atomic mass is 19.1. The number of benzene rings is 1. The highest BCUT2D eigenvalue weighted by Gasteiger charge is 2.32. The first kappa shape index (κ1) is 15.2. The number of carbonyl (C=O) groups excluding carboxylic acids is 3. The minimum absolute atomic E-state index is 0.0444. The van der Waals surface area contributed by atoms with Gasteiger partial charge in [-0.15, -0.1) is 0 Å². The molecule has 1 fully saturated rings. The van der Waals surface area contributed by atoms with E-state index in [1.807, 2.05) is 6.08 Å². The van der Waals surface area contributed by atoms with E-state index >= 15 is 0 Å². The summed E-state index contributed by atoms with van der Waals surface area (Å²) in [4.78, 5) is 36.4. The fourth-order valence-electron chi connectivity index (χ4n) is 2.73. The zero-order chi connectivity index (χ0) is 16.4. The molecular weight excluding hydrogens is 301 g/mol. The number of urea groups is 1. The van der Waals surface area contributed by atoms with Crippen molar-refractivity contribution in [1.29, 1.82) is 0 Å². The molecule has 4 amide bonds. The van der Waals surface area contributed by atoms with Crippen molar-refractivity contribution in [2.24, 2.45) is 0 Å². The molecule has 2 N–H and O–H groups in total. The first-order valence-corrected chi connectivity index (χ1v) is 7.37. The Labute approximate surface area is 132 Å². The van der Waals surface area contributed by atoms with E-state index in [0.29, 0.717) is 19.5 Å². The van der Waals surface area contributed by atoms with Gasteiger partial charge >= 0.3 is 6.03 Å². The number of rotatable bonds is 3. The molecule has 3 rings (SSSR count). The minimum Gasteiger partial charge on any atom is -0.339 e. The Hall–Kier alpha value is -2.70. The Kier molecular flexibility index (Phi) is 4.10. The summed E-state index contributed by atoms with van der Waals surface area (Å²) in [6.07, 6.45) is 2.56. The Morgan fingerprint density at radius 2 is 2.00 bits per heavy atom. The van der Waals surface area contributed by atoms with E-state index in [1.165, 1.54) is 12.1 Å². The predicted octanol–water partition coefficient (Wildman–Crippen LogP) is 1.04. The number of amides is 4. The molecule has 2 aliphatic heterocycles. The predicted molar refractivity (Wildman–Crippen MR) is 80.7 cm³/mol. The minimum atomic E-state index is -0.794. The third-order valence-corrected chi connectivity index (χ3v) is 4.01. The van der Waals surface area contributed by atoms with E-state index in [1.54, 1.807) is 17.0 Å². The summed E-state index contributed by atoms with van der Waals surface area (Å²) < 4.78 is 12.9. The molecule has 7 heteroatoms. The number of imide groups is 1. The van der Waals surface area contributed by atoms with Crippen LogP contribution in [0.25, 0.3) is 5.57 Å². The second kappa shape index (κ2) is 6.20. The zero-order valence-corrected chi connectivity index (χ0v) is 12.3. The second-order valence-electron chi connectivity index (χ2n) is 5.55. The van der Waals surface area contributed by atoms with E-state index in [2.05, 4.69) is 10.6 Å². The van der Waals surface area contributed by atoms with Crippen molar-refractivity contribution >= 4 is 23.4 Å². The van der Waals surface area contributed by atoms with Gasteiger partial charge in [0.05, 0.1) is 6.42 Å². The summed E-state index contributed by atoms with van der Waals surface area (Å²) in [5.41, 5.74) is 2.02. The van der Waals surface area contributed by atoms with E-state index < -0.39 is 18.0 Å². The van der Waals surface area contributed by atoms with Crippen LogP contribution >= 0.6 is 0 Å². The SMILES string of the molecule is O=C1NC(=O)[C@H](CC(=O)N2CC=C(c3ccc(F)cc3)CC2)N1. The van der Waals surface area contributed by atoms with E-state index in [0.717, 1.165) is 11.1 Å². The van der Waals surface area contributed by atoms with Crippen LogP contribution in [-0.2, 0) is 9.59 Å². The van der Waals surface area contributed by atoms with Gasteiger partial charge in [0.1, 0.15) is 11.9 Å². The lowest BCUT2D eigenvalue weighted by molar-refractivity contribution is -0.133. The third kappa shape index (κ3) is 3.39. The van der Waals surface area contributed by atoms with Gasteiger partial charge in [-0.2, -0.15) is 0 Å². The fourth-order valence-corrected chi connectivity index (χ4v) is 2.73. The summed E-state index contributed by atoms with van der Waals surface area (Å²) in [5, 5.41) is 4.52. The Bertz CT molecular complexity index is 684. The van der Waals surface area contributed by atoms with Gasteiger partial charge in [0.25, 0.3) is 5.91 Å². The maximum atomic E-state index is 12.9. The molecule has 1 saturated heterocycles. The van der Waals surface area contributed by atoms with E-state index in [9.17, 15) is 18.8 Å². The van der Waals surface area contributed by atoms with Crippen molar-refractivity contribution in [3.63, 3.8) is 0 Å². The second-order valence-corrected chi connectivity index (χ2v) is 5.55. The maximum Gasteiger partial charge on any atom is 0.322 e. The highest BCUT2D eigenvalue weighted by molar-refractivity contribution is 6.05. The van der Waals surface area contributed by atoms with Crippen LogP contribution < -0.4 is 10.6 Å². The van der Waals surface area contributed by atoms with Crippen LogP contribution in [0.2, 0.25) is 0 Å². The van der Waals surface area contributed by atoms with Crippen LogP contribution in [0, 0.1) is 5.82 Å². The van der Waals surface area contributed by atoms with E-state index in [4.69, 9.17) is 0 Å². The first-order chi connectivity index (χ1) is 11.0. The summed E-state index contributed by atoms with van der Waals surface area (Å²) in [6.45, 7) is 0.970. The van der Waals surface area contributed by atoms with Crippen molar-refractivity contribution in [3.8, 4) is 0 Å². The molecule has 0 aromatic heterocycles. The van der Waals surface area contributed by atoms with Crippen molar-refractivity contribution in [1.82, 2.24) is 15.5 Å². The van der Waals surface area contributed by atoms with Gasteiger partial charge in [-0.1, -0.05) is 18.2 Å². The quantitative estimate of drug-likeness (QED) is 0.818. The van der Waals surface area contributed by atoms with Crippen molar-refractivity contribution < 1.29 is 18.8 Å². The zero-order valence-electron chi connectivity index (χ0n) is 12.3. The normalized spacial score (nSPS) is 20.8. The number of nitrogens with zero attached hydrogens (tertiary/aromatic N) is 1. The summed E-state index contributed by atoms with van der Waals surface area (Å²) in [5.74, 6) is -0.927. The largest absolute Gasteiger partial charge is 0.339 e. The van der Waals surface area contributed by atoms with Gasteiger partial charge < -0.3 is 10.2 Å². The molecule has 2 aliphatic rings. The number of hydrogen-bond donors (Lipinski definition) is 2. The lowest BCUT2D eigenvalue weighted by Crippen LogP contribution is -2.40. The molecule has 1 aromatic carbocycles. The van der Waals surface area contributed by atoms with Crippen LogP contribution in [0.3, 0.4) is 0 Å². The lowest BCUT2D eigenvalue weighted by Gasteiger charge is -2.27. The standard InChI is InChI=1S/C16H16FN3O3/c17-12-3-1-10(2-4-12)11-5-7-20(8-6-11)14(21)9-13-15(22)19-16(23)18-13/h1-5,13H,6-9H2,(H2,18,19,22,23)/t13-/m0/s1. The number of carbonyl (C=O) groups is 3. The molecular formula is C16H16FN3O3. The average molecular weight is 317 g/mol. The van der Waals surface area contributed by atoms with Crippen LogP contribution in [-0.4, -0.2) is 41.9 Å². The molecule has 0 radical (unpaired) electrons. The number of hydrogen-bond acceptors (Lipinski definition) is 3. The molecule has 1 atom stereocenters. The third-order valence-electron chi connectivity index (χ3n) is 4.01. The van der Waals surface area contributed by atoms with Gasteiger partial charge in [-0.3, -0.25) is 14.9 Å². The van der Waals surface area contributed by atoms with Gasteiger partial charge in [0, 0.05) is 13.1 Å². The molecule has 2 heterocycles. The molecule has 0 unspecified atom stereocenters. The molecule has 1 aromatic rings. The molecule has 23 heavy (non-hydrogen) atoms. The van der Waals surface area contributed by atoms with E-state index in [-0.39, 0.29) is 18.1 Å².